The summed E-state index contributed by atoms with van der Waals surface area (Å²) in [6.45, 7) is 8.78. The summed E-state index contributed by atoms with van der Waals surface area (Å²) in [4.78, 5) is 12.3. The van der Waals surface area contributed by atoms with Crippen LogP contribution in [-0.4, -0.2) is 19.4 Å². The number of nitrogens with one attached hydrogen (secondary N) is 1. The molecule has 1 atom stereocenters. The Morgan fingerprint density at radius 1 is 1.50 bits per heavy atom. The predicted molar refractivity (Wildman–Crippen MR) is 85.6 cm³/mol. The molecule has 0 aromatic heterocycles. The van der Waals surface area contributed by atoms with Crippen molar-refractivity contribution in [2.45, 2.75) is 39.2 Å². The van der Waals surface area contributed by atoms with E-state index in [1.54, 1.807) is 6.07 Å². The second-order valence-electron chi connectivity index (χ2n) is 6.27. The zero-order chi connectivity index (χ0) is 16.3. The summed E-state index contributed by atoms with van der Waals surface area (Å²) in [5.74, 6) is 0.359. The first kappa shape index (κ1) is 16.7. The Labute approximate surface area is 131 Å². The van der Waals surface area contributed by atoms with Crippen molar-refractivity contribution in [1.82, 2.24) is 5.32 Å². The minimum Gasteiger partial charge on any atom is -0.494 e. The molecule has 0 fully saturated rings. The third-order valence-corrected chi connectivity index (χ3v) is 4.01. The highest BCUT2D eigenvalue weighted by atomic mass is 19.1. The van der Waals surface area contributed by atoms with Crippen molar-refractivity contribution >= 4 is 5.78 Å². The summed E-state index contributed by atoms with van der Waals surface area (Å²) in [7, 11) is 1.45. The largest absolute Gasteiger partial charge is 0.494 e. The van der Waals surface area contributed by atoms with Gasteiger partial charge in [0.1, 0.15) is 0 Å². The maximum Gasteiger partial charge on any atom is 0.165 e. The number of hydrogen-bond acceptors (Lipinski definition) is 3. The Balaban J connectivity index is 2.18. The van der Waals surface area contributed by atoms with Crippen molar-refractivity contribution in [2.75, 3.05) is 13.7 Å². The van der Waals surface area contributed by atoms with E-state index < -0.39 is 0 Å². The van der Waals surface area contributed by atoms with Crippen LogP contribution < -0.4 is 10.1 Å². The number of allylic oxidation sites excluding steroid dienone is 1. The van der Waals surface area contributed by atoms with Gasteiger partial charge in [-0.3, -0.25) is 4.79 Å². The zero-order valence-electron chi connectivity index (χ0n) is 13.5. The fraction of sp³-hybridized carbons (Fsp3) is 0.500. The fourth-order valence-electron chi connectivity index (χ4n) is 2.92. The van der Waals surface area contributed by atoms with Crippen LogP contribution in [0.15, 0.2) is 24.3 Å². The molecule has 1 aromatic rings. The molecule has 1 aliphatic heterocycles. The molecule has 120 valence electrons. The number of Topliss-reactive ketones (excluding diaryl/α,β-unsaturated/α-hetero) is 1. The Kier molecular flexibility index (Phi) is 5.35. The number of carbonyl (C=O) groups excluding carboxylic acids is 1. The second-order valence-corrected chi connectivity index (χ2v) is 6.27. The Bertz CT molecular complexity index is 581. The maximum absolute atomic E-state index is 13.8. The molecule has 4 heteroatoms. The van der Waals surface area contributed by atoms with Crippen molar-refractivity contribution < 1.29 is 13.9 Å². The molecule has 22 heavy (non-hydrogen) atoms. The number of carbonyl (C=O) groups is 1. The zero-order valence-corrected chi connectivity index (χ0v) is 13.5. The number of benzene rings is 1. The van der Waals surface area contributed by atoms with E-state index in [0.29, 0.717) is 24.3 Å². The lowest BCUT2D eigenvalue weighted by Crippen LogP contribution is -2.32. The first-order chi connectivity index (χ1) is 10.4. The molecule has 1 aromatic carbocycles. The molecular formula is C18H24FNO2. The van der Waals surface area contributed by atoms with E-state index in [1.807, 2.05) is 0 Å². The first-order valence-corrected chi connectivity index (χ1v) is 7.73. The van der Waals surface area contributed by atoms with Gasteiger partial charge in [0, 0.05) is 12.5 Å². The van der Waals surface area contributed by atoms with E-state index in [1.165, 1.54) is 13.2 Å². The number of rotatable bonds is 6. The second kappa shape index (κ2) is 7.05. The molecule has 0 saturated carbocycles. The third kappa shape index (κ3) is 3.74. The number of methoxy groups -OCH3 is 1. The summed E-state index contributed by atoms with van der Waals surface area (Å²) in [5.41, 5.74) is 2.57. The van der Waals surface area contributed by atoms with Crippen LogP contribution in [0.3, 0.4) is 0 Å². The quantitative estimate of drug-likeness (QED) is 0.816. The smallest absolute Gasteiger partial charge is 0.165 e. The van der Waals surface area contributed by atoms with Gasteiger partial charge in [-0.2, -0.15) is 0 Å². The normalized spacial score (nSPS) is 17.2. The molecule has 0 bridgehead atoms. The Hall–Kier alpha value is -1.68. The van der Waals surface area contributed by atoms with Crippen molar-refractivity contribution in [3.63, 3.8) is 0 Å². The average Bonchev–Trinajstić information content (AvgIpc) is 2.46. The van der Waals surface area contributed by atoms with Gasteiger partial charge in [-0.25, -0.2) is 4.39 Å². The van der Waals surface area contributed by atoms with Gasteiger partial charge in [0.05, 0.1) is 7.11 Å². The van der Waals surface area contributed by atoms with Gasteiger partial charge in [0.25, 0.3) is 0 Å². The molecule has 0 saturated heterocycles. The van der Waals surface area contributed by atoms with Gasteiger partial charge in [0.2, 0.25) is 0 Å². The monoisotopic (exact) mass is 305 g/mol. The van der Waals surface area contributed by atoms with Gasteiger partial charge in [-0.05, 0) is 54.1 Å². The highest BCUT2D eigenvalue weighted by Crippen LogP contribution is 2.32. The van der Waals surface area contributed by atoms with E-state index >= 15 is 0 Å². The van der Waals surface area contributed by atoms with Crippen molar-refractivity contribution in [2.24, 2.45) is 5.92 Å². The van der Waals surface area contributed by atoms with Gasteiger partial charge in [-0.15, -0.1) is 0 Å². The van der Waals surface area contributed by atoms with Crippen LogP contribution in [0.25, 0.3) is 0 Å². The van der Waals surface area contributed by atoms with Gasteiger partial charge >= 0.3 is 0 Å². The van der Waals surface area contributed by atoms with Crippen LogP contribution >= 0.6 is 0 Å². The van der Waals surface area contributed by atoms with Gasteiger partial charge in [0.15, 0.2) is 17.3 Å². The summed E-state index contributed by atoms with van der Waals surface area (Å²) in [5, 5.41) is 3.35. The van der Waals surface area contributed by atoms with Crippen LogP contribution in [0, 0.1) is 11.7 Å². The molecule has 1 aliphatic rings. The van der Waals surface area contributed by atoms with E-state index in [4.69, 9.17) is 4.74 Å². The molecule has 2 rings (SSSR count). The Morgan fingerprint density at radius 2 is 2.23 bits per heavy atom. The number of ether oxygens (including phenoxy) is 1. The van der Waals surface area contributed by atoms with Crippen LogP contribution in [0.1, 0.15) is 43.9 Å². The number of ketones is 1. The first-order valence-electron chi connectivity index (χ1n) is 7.73. The van der Waals surface area contributed by atoms with Crippen LogP contribution in [-0.2, 0) is 11.2 Å². The molecule has 1 unspecified atom stereocenters. The predicted octanol–water partition coefficient (Wildman–Crippen LogP) is 3.58. The number of halogens is 1. The SMILES string of the molecule is C=C(CC(C)C)C(=O)CC1NCCc2cc(F)c(OC)cc21. The molecule has 0 amide bonds. The van der Waals surface area contributed by atoms with E-state index in [9.17, 15) is 9.18 Å². The minimum absolute atomic E-state index is 0.0716. The highest BCUT2D eigenvalue weighted by molar-refractivity contribution is 5.95. The molecule has 0 aliphatic carbocycles. The molecule has 1 heterocycles. The number of hydrogen-bond donors (Lipinski definition) is 1. The molecule has 1 N–H and O–H groups in total. The standard InChI is InChI=1S/C18H24FNO2/c1-11(2)7-12(3)17(21)10-16-14-9-18(22-4)15(19)8-13(14)5-6-20-16/h8-9,11,16,20H,3,5-7,10H2,1-2,4H3. The van der Waals surface area contributed by atoms with E-state index in [-0.39, 0.29) is 23.4 Å². The van der Waals surface area contributed by atoms with Crippen molar-refractivity contribution in [3.05, 3.63) is 41.2 Å². The van der Waals surface area contributed by atoms with Crippen molar-refractivity contribution in [1.29, 1.82) is 0 Å². The minimum atomic E-state index is -0.350. The van der Waals surface area contributed by atoms with Crippen LogP contribution in [0.5, 0.6) is 5.75 Å². The Morgan fingerprint density at radius 3 is 2.86 bits per heavy atom. The summed E-state index contributed by atoms with van der Waals surface area (Å²) < 4.78 is 18.9. The lowest BCUT2D eigenvalue weighted by atomic mass is 9.88. The van der Waals surface area contributed by atoms with E-state index in [0.717, 1.165) is 24.1 Å². The van der Waals surface area contributed by atoms with Crippen LogP contribution in [0.2, 0.25) is 0 Å². The highest BCUT2D eigenvalue weighted by Gasteiger charge is 2.25. The molecular weight excluding hydrogens is 281 g/mol. The number of fused-ring (bicyclic) bond motifs is 1. The lowest BCUT2D eigenvalue weighted by Gasteiger charge is -2.27. The molecule has 3 nitrogen and oxygen atoms in total. The van der Waals surface area contributed by atoms with Gasteiger partial charge < -0.3 is 10.1 Å². The van der Waals surface area contributed by atoms with Crippen molar-refractivity contribution in [3.8, 4) is 5.75 Å². The topological polar surface area (TPSA) is 38.3 Å². The summed E-state index contributed by atoms with van der Waals surface area (Å²) in [6, 6.07) is 3.13. The molecule has 0 spiro atoms. The fourth-order valence-corrected chi connectivity index (χ4v) is 2.92. The summed E-state index contributed by atoms with van der Waals surface area (Å²) in [6.07, 6.45) is 1.83. The summed E-state index contributed by atoms with van der Waals surface area (Å²) >= 11 is 0. The van der Waals surface area contributed by atoms with Crippen LogP contribution in [0.4, 0.5) is 4.39 Å². The van der Waals surface area contributed by atoms with Gasteiger partial charge in [-0.1, -0.05) is 20.4 Å². The van der Waals surface area contributed by atoms with E-state index in [2.05, 4.69) is 25.7 Å². The lowest BCUT2D eigenvalue weighted by molar-refractivity contribution is -0.116. The average molecular weight is 305 g/mol. The maximum atomic E-state index is 13.8. The third-order valence-electron chi connectivity index (χ3n) is 4.01. The molecule has 0 radical (unpaired) electrons.